The van der Waals surface area contributed by atoms with Crippen LogP contribution in [-0.2, 0) is 11.3 Å². The summed E-state index contributed by atoms with van der Waals surface area (Å²) in [6, 6.07) is 15.7. The Hall–Kier alpha value is -1.87. The Morgan fingerprint density at radius 2 is 1.96 bits per heavy atom. The molecule has 0 aliphatic carbocycles. The number of benzene rings is 2. The fraction of sp³-hybridized carbons (Fsp3) is 0.476. The van der Waals surface area contributed by atoms with Gasteiger partial charge in [-0.05, 0) is 34.7 Å². The highest BCUT2D eigenvalue weighted by molar-refractivity contribution is 5.83. The number of likely N-dealkylation sites (tertiary alicyclic amines) is 1. The Kier molecular flexibility index (Phi) is 5.52. The van der Waals surface area contributed by atoms with E-state index in [-0.39, 0.29) is 0 Å². The highest BCUT2D eigenvalue weighted by Crippen LogP contribution is 2.22. The van der Waals surface area contributed by atoms with Crippen LogP contribution in [0.25, 0.3) is 10.8 Å². The van der Waals surface area contributed by atoms with Crippen molar-refractivity contribution in [2.75, 3.05) is 13.1 Å². The van der Waals surface area contributed by atoms with Gasteiger partial charge in [-0.1, -0.05) is 56.7 Å². The summed E-state index contributed by atoms with van der Waals surface area (Å²) in [5, 5.41) is 6.33. The molecule has 0 bridgehead atoms. The van der Waals surface area contributed by atoms with Gasteiger partial charge in [-0.3, -0.25) is 4.79 Å². The standard InChI is InChI=1S/C21H28N2O/c1-3-17-15-23(21(24)4-2)12-11-20(17)22-14-16-9-10-18-7-5-6-8-19(18)13-16/h5-10,13,17,20,22H,3-4,11-12,14-15H2,1-2H3. The van der Waals surface area contributed by atoms with E-state index >= 15 is 0 Å². The van der Waals surface area contributed by atoms with Gasteiger partial charge in [0.1, 0.15) is 0 Å². The topological polar surface area (TPSA) is 32.3 Å². The van der Waals surface area contributed by atoms with Crippen LogP contribution in [0.3, 0.4) is 0 Å². The quantitative estimate of drug-likeness (QED) is 0.902. The molecule has 1 amide bonds. The summed E-state index contributed by atoms with van der Waals surface area (Å²) >= 11 is 0. The molecule has 3 rings (SSSR count). The fourth-order valence-electron chi connectivity index (χ4n) is 3.76. The number of hydrogen-bond donors (Lipinski definition) is 1. The third kappa shape index (κ3) is 3.78. The van der Waals surface area contributed by atoms with Gasteiger partial charge in [-0.2, -0.15) is 0 Å². The predicted molar refractivity (Wildman–Crippen MR) is 99.8 cm³/mol. The first-order valence-corrected chi connectivity index (χ1v) is 9.20. The molecule has 1 N–H and O–H groups in total. The van der Waals surface area contributed by atoms with Crippen molar-refractivity contribution in [2.45, 2.75) is 45.7 Å². The van der Waals surface area contributed by atoms with E-state index in [0.717, 1.165) is 32.5 Å². The zero-order chi connectivity index (χ0) is 16.9. The first-order valence-electron chi connectivity index (χ1n) is 9.20. The molecule has 2 atom stereocenters. The first kappa shape index (κ1) is 17.0. The van der Waals surface area contributed by atoms with Gasteiger partial charge in [0.25, 0.3) is 0 Å². The lowest BCUT2D eigenvalue weighted by Gasteiger charge is -2.38. The maximum absolute atomic E-state index is 11.9. The second-order valence-electron chi connectivity index (χ2n) is 6.82. The molecule has 0 aromatic heterocycles. The fourth-order valence-corrected chi connectivity index (χ4v) is 3.76. The number of carbonyl (C=O) groups excluding carboxylic acids is 1. The molecule has 1 heterocycles. The molecule has 2 aromatic rings. The Morgan fingerprint density at radius 1 is 1.17 bits per heavy atom. The Morgan fingerprint density at radius 3 is 2.71 bits per heavy atom. The summed E-state index contributed by atoms with van der Waals surface area (Å²) in [6.07, 6.45) is 2.78. The van der Waals surface area contributed by atoms with Gasteiger partial charge < -0.3 is 10.2 Å². The van der Waals surface area contributed by atoms with Crippen molar-refractivity contribution < 1.29 is 4.79 Å². The lowest BCUT2D eigenvalue weighted by Crippen LogP contribution is -2.50. The molecule has 2 unspecified atom stereocenters. The number of nitrogens with zero attached hydrogens (tertiary/aromatic N) is 1. The lowest BCUT2D eigenvalue weighted by molar-refractivity contribution is -0.133. The molecule has 3 heteroatoms. The summed E-state index contributed by atoms with van der Waals surface area (Å²) in [5.41, 5.74) is 1.33. The largest absolute Gasteiger partial charge is 0.342 e. The molecule has 1 fully saturated rings. The number of fused-ring (bicyclic) bond motifs is 1. The molecular formula is C21H28N2O. The third-order valence-corrected chi connectivity index (χ3v) is 5.30. The van der Waals surface area contributed by atoms with E-state index in [1.165, 1.54) is 16.3 Å². The van der Waals surface area contributed by atoms with E-state index in [9.17, 15) is 4.79 Å². The number of carbonyl (C=O) groups is 1. The van der Waals surface area contributed by atoms with Crippen molar-refractivity contribution in [2.24, 2.45) is 5.92 Å². The summed E-state index contributed by atoms with van der Waals surface area (Å²) in [6.45, 7) is 6.87. The van der Waals surface area contributed by atoms with Crippen LogP contribution in [-0.4, -0.2) is 29.9 Å². The molecule has 2 aromatic carbocycles. The molecule has 0 spiro atoms. The van der Waals surface area contributed by atoms with Gasteiger partial charge in [0.2, 0.25) is 5.91 Å². The molecule has 128 valence electrons. The van der Waals surface area contributed by atoms with E-state index in [2.05, 4.69) is 54.7 Å². The van der Waals surface area contributed by atoms with E-state index in [1.807, 2.05) is 11.8 Å². The van der Waals surface area contributed by atoms with Crippen molar-refractivity contribution in [3.8, 4) is 0 Å². The van der Waals surface area contributed by atoms with Crippen LogP contribution in [0.5, 0.6) is 0 Å². The van der Waals surface area contributed by atoms with E-state index in [4.69, 9.17) is 0 Å². The van der Waals surface area contributed by atoms with Gasteiger partial charge in [0.05, 0.1) is 0 Å². The number of amides is 1. The average Bonchev–Trinajstić information content (AvgIpc) is 2.65. The third-order valence-electron chi connectivity index (χ3n) is 5.30. The zero-order valence-corrected chi connectivity index (χ0v) is 14.8. The van der Waals surface area contributed by atoms with Crippen LogP contribution in [0.1, 0.15) is 38.7 Å². The van der Waals surface area contributed by atoms with Gasteiger partial charge in [0.15, 0.2) is 0 Å². The van der Waals surface area contributed by atoms with Crippen LogP contribution in [0.15, 0.2) is 42.5 Å². The van der Waals surface area contributed by atoms with Gasteiger partial charge in [0, 0.05) is 32.1 Å². The summed E-state index contributed by atoms with van der Waals surface area (Å²) in [7, 11) is 0. The summed E-state index contributed by atoms with van der Waals surface area (Å²) in [4.78, 5) is 14.0. The minimum Gasteiger partial charge on any atom is -0.342 e. The van der Waals surface area contributed by atoms with Crippen molar-refractivity contribution in [1.29, 1.82) is 0 Å². The molecule has 24 heavy (non-hydrogen) atoms. The second-order valence-corrected chi connectivity index (χ2v) is 6.82. The van der Waals surface area contributed by atoms with Gasteiger partial charge >= 0.3 is 0 Å². The Labute approximate surface area is 145 Å². The highest BCUT2D eigenvalue weighted by Gasteiger charge is 2.29. The molecule has 0 saturated carbocycles. The maximum Gasteiger partial charge on any atom is 0.222 e. The van der Waals surface area contributed by atoms with E-state index in [0.29, 0.717) is 24.3 Å². The SMILES string of the molecule is CCC(=O)N1CCC(NCc2ccc3ccccc3c2)C(CC)C1. The number of nitrogens with one attached hydrogen (secondary N) is 1. The number of piperidine rings is 1. The second kappa shape index (κ2) is 7.80. The Balaban J connectivity index is 1.61. The highest BCUT2D eigenvalue weighted by atomic mass is 16.2. The van der Waals surface area contributed by atoms with Gasteiger partial charge in [-0.25, -0.2) is 0 Å². The molecule has 3 nitrogen and oxygen atoms in total. The van der Waals surface area contributed by atoms with Crippen LogP contribution >= 0.6 is 0 Å². The number of hydrogen-bond acceptors (Lipinski definition) is 2. The Bertz CT molecular complexity index is 697. The molecule has 1 aliphatic rings. The first-order chi connectivity index (χ1) is 11.7. The smallest absolute Gasteiger partial charge is 0.222 e. The molecule has 0 radical (unpaired) electrons. The van der Waals surface area contributed by atoms with Crippen LogP contribution in [0.2, 0.25) is 0 Å². The molecule has 1 aliphatic heterocycles. The maximum atomic E-state index is 11.9. The van der Waals surface area contributed by atoms with Crippen LogP contribution in [0.4, 0.5) is 0 Å². The van der Waals surface area contributed by atoms with Crippen molar-refractivity contribution in [3.63, 3.8) is 0 Å². The van der Waals surface area contributed by atoms with Gasteiger partial charge in [-0.15, -0.1) is 0 Å². The van der Waals surface area contributed by atoms with Crippen molar-refractivity contribution in [1.82, 2.24) is 10.2 Å². The molecule has 1 saturated heterocycles. The number of rotatable bonds is 5. The van der Waals surface area contributed by atoms with E-state index in [1.54, 1.807) is 0 Å². The van der Waals surface area contributed by atoms with Crippen LogP contribution < -0.4 is 5.32 Å². The van der Waals surface area contributed by atoms with E-state index < -0.39 is 0 Å². The summed E-state index contributed by atoms with van der Waals surface area (Å²) < 4.78 is 0. The molecular weight excluding hydrogens is 296 g/mol. The predicted octanol–water partition coefficient (Wildman–Crippen LogP) is 3.97. The lowest BCUT2D eigenvalue weighted by atomic mass is 9.89. The monoisotopic (exact) mass is 324 g/mol. The zero-order valence-electron chi connectivity index (χ0n) is 14.8. The minimum absolute atomic E-state index is 0.293. The average molecular weight is 324 g/mol. The summed E-state index contributed by atoms with van der Waals surface area (Å²) in [5.74, 6) is 0.844. The van der Waals surface area contributed by atoms with Crippen molar-refractivity contribution in [3.05, 3.63) is 48.0 Å². The minimum atomic E-state index is 0.293. The normalized spacial score (nSPS) is 21.2. The van der Waals surface area contributed by atoms with Crippen LogP contribution in [0, 0.1) is 5.92 Å². The van der Waals surface area contributed by atoms with Crippen molar-refractivity contribution >= 4 is 16.7 Å².